The molecule has 33 heavy (non-hydrogen) atoms. The summed E-state index contributed by atoms with van der Waals surface area (Å²) in [6.07, 6.45) is -0.606. The van der Waals surface area contributed by atoms with Crippen molar-refractivity contribution < 1.29 is 24.2 Å². The summed E-state index contributed by atoms with van der Waals surface area (Å²) in [5, 5.41) is 12.9. The molecule has 3 aromatic rings. The fourth-order valence-corrected chi connectivity index (χ4v) is 3.69. The third-order valence-corrected chi connectivity index (χ3v) is 5.75. The van der Waals surface area contributed by atoms with Gasteiger partial charge in [0.25, 0.3) is 0 Å². The van der Waals surface area contributed by atoms with E-state index >= 15 is 0 Å². The number of carbonyl (C=O) groups is 2. The van der Waals surface area contributed by atoms with Crippen LogP contribution >= 0.6 is 23.2 Å². The number of nitrogens with one attached hydrogen (secondary N) is 1. The average Bonchev–Trinajstić information content (AvgIpc) is 2.81. The maximum Gasteiger partial charge on any atom is 0.407 e. The molecule has 1 amide bonds. The van der Waals surface area contributed by atoms with E-state index in [4.69, 9.17) is 32.7 Å². The van der Waals surface area contributed by atoms with Gasteiger partial charge in [-0.15, -0.1) is 0 Å². The largest absolute Gasteiger partial charge is 0.496 e. The molecule has 0 radical (unpaired) electrons. The molecule has 0 spiro atoms. The van der Waals surface area contributed by atoms with Gasteiger partial charge in [0.2, 0.25) is 0 Å². The minimum Gasteiger partial charge on any atom is -0.496 e. The molecule has 6 nitrogen and oxygen atoms in total. The summed E-state index contributed by atoms with van der Waals surface area (Å²) in [6, 6.07) is 17.9. The fourth-order valence-electron chi connectivity index (χ4n) is 3.23. The van der Waals surface area contributed by atoms with Crippen LogP contribution in [-0.4, -0.2) is 24.3 Å². The van der Waals surface area contributed by atoms with Gasteiger partial charge in [-0.1, -0.05) is 59.6 Å². The molecule has 0 aromatic heterocycles. The number of amides is 1. The maximum absolute atomic E-state index is 12.2. The number of hydrogen-bond acceptors (Lipinski definition) is 4. The van der Waals surface area contributed by atoms with Gasteiger partial charge in [0.05, 0.1) is 13.0 Å². The number of benzene rings is 3. The van der Waals surface area contributed by atoms with Crippen LogP contribution in [0.3, 0.4) is 0 Å². The van der Waals surface area contributed by atoms with E-state index in [9.17, 15) is 14.7 Å². The summed E-state index contributed by atoms with van der Waals surface area (Å²) in [5.41, 5.74) is 3.83. The van der Waals surface area contributed by atoms with Gasteiger partial charge in [-0.2, -0.15) is 0 Å². The van der Waals surface area contributed by atoms with E-state index in [0.29, 0.717) is 26.9 Å². The summed E-state index contributed by atoms with van der Waals surface area (Å²) in [5.74, 6) is -0.895. The zero-order chi connectivity index (χ0) is 24.0. The normalized spacial score (nSPS) is 11.5. The number of halogens is 2. The van der Waals surface area contributed by atoms with Crippen LogP contribution in [0, 0.1) is 0 Å². The van der Waals surface area contributed by atoms with Gasteiger partial charge in [0.15, 0.2) is 0 Å². The number of rotatable bonds is 8. The second-order valence-corrected chi connectivity index (χ2v) is 8.22. The third-order valence-electron chi connectivity index (χ3n) is 5.17. The molecule has 3 rings (SSSR count). The standard InChI is InChI=1S/C25H23Cl2NO5/c1-15(24(29)30)16-4-3-5-17(10-16)18-7-9-23(32-2)20(11-18)13-28-25(31)33-14-19-6-8-21(26)12-22(19)27/h3-12,15H,13-14H2,1-2H3,(H,28,31)(H,29,30). The van der Waals surface area contributed by atoms with Crippen molar-refractivity contribution in [3.63, 3.8) is 0 Å². The number of hydrogen-bond donors (Lipinski definition) is 2. The molecule has 0 heterocycles. The van der Waals surface area contributed by atoms with Crippen molar-refractivity contribution in [2.75, 3.05) is 7.11 Å². The molecule has 1 atom stereocenters. The lowest BCUT2D eigenvalue weighted by Gasteiger charge is -2.14. The van der Waals surface area contributed by atoms with Crippen LogP contribution in [0.15, 0.2) is 60.7 Å². The smallest absolute Gasteiger partial charge is 0.407 e. The molecule has 2 N–H and O–H groups in total. The third kappa shape index (κ3) is 6.40. The second-order valence-electron chi connectivity index (χ2n) is 7.38. The van der Waals surface area contributed by atoms with Crippen LogP contribution in [0.25, 0.3) is 11.1 Å². The molecule has 0 saturated heterocycles. The fraction of sp³-hybridized carbons (Fsp3) is 0.200. The molecule has 0 bridgehead atoms. The summed E-state index contributed by atoms with van der Waals surface area (Å²) in [7, 11) is 1.55. The Morgan fingerprint density at radius 1 is 1.00 bits per heavy atom. The van der Waals surface area contributed by atoms with E-state index in [1.165, 1.54) is 0 Å². The van der Waals surface area contributed by atoms with Crippen molar-refractivity contribution in [2.45, 2.75) is 26.0 Å². The zero-order valence-electron chi connectivity index (χ0n) is 18.1. The Hall–Kier alpha value is -3.22. The number of ether oxygens (including phenoxy) is 2. The van der Waals surface area contributed by atoms with Crippen LogP contribution in [0.4, 0.5) is 4.79 Å². The Labute approximate surface area is 202 Å². The molecule has 3 aromatic carbocycles. The zero-order valence-corrected chi connectivity index (χ0v) is 19.6. The number of methoxy groups -OCH3 is 1. The van der Waals surface area contributed by atoms with Crippen molar-refractivity contribution in [1.29, 1.82) is 0 Å². The SMILES string of the molecule is COc1ccc(-c2cccc(C(C)C(=O)O)c2)cc1CNC(=O)OCc1ccc(Cl)cc1Cl. The predicted molar refractivity (Wildman–Crippen MR) is 128 cm³/mol. The summed E-state index contributed by atoms with van der Waals surface area (Å²) in [4.78, 5) is 23.5. The first-order chi connectivity index (χ1) is 15.8. The van der Waals surface area contributed by atoms with E-state index < -0.39 is 18.0 Å². The average molecular weight is 488 g/mol. The highest BCUT2D eigenvalue weighted by atomic mass is 35.5. The summed E-state index contributed by atoms with van der Waals surface area (Å²) in [6.45, 7) is 1.83. The highest BCUT2D eigenvalue weighted by Gasteiger charge is 2.15. The Bertz CT molecular complexity index is 1170. The highest BCUT2D eigenvalue weighted by molar-refractivity contribution is 6.35. The van der Waals surface area contributed by atoms with Crippen molar-refractivity contribution in [3.05, 3.63) is 87.4 Å². The van der Waals surface area contributed by atoms with Crippen molar-refractivity contribution in [2.24, 2.45) is 0 Å². The van der Waals surface area contributed by atoms with Gasteiger partial charge in [0, 0.05) is 27.7 Å². The van der Waals surface area contributed by atoms with Crippen molar-refractivity contribution >= 4 is 35.3 Å². The van der Waals surface area contributed by atoms with Crippen LogP contribution in [0.1, 0.15) is 29.5 Å². The molecule has 8 heteroatoms. The summed E-state index contributed by atoms with van der Waals surface area (Å²) < 4.78 is 10.7. The highest BCUT2D eigenvalue weighted by Crippen LogP contribution is 2.29. The van der Waals surface area contributed by atoms with Crippen LogP contribution in [0.2, 0.25) is 10.0 Å². The van der Waals surface area contributed by atoms with Gasteiger partial charge < -0.3 is 19.9 Å². The molecule has 172 valence electrons. The molecule has 0 aliphatic heterocycles. The first-order valence-electron chi connectivity index (χ1n) is 10.1. The first kappa shape index (κ1) is 24.4. The Morgan fingerprint density at radius 2 is 1.76 bits per heavy atom. The quantitative estimate of drug-likeness (QED) is 0.390. The van der Waals surface area contributed by atoms with Gasteiger partial charge in [-0.05, 0) is 47.9 Å². The van der Waals surface area contributed by atoms with E-state index in [2.05, 4.69) is 5.32 Å². The lowest BCUT2D eigenvalue weighted by atomic mass is 9.95. The molecule has 0 fully saturated rings. The lowest BCUT2D eigenvalue weighted by Crippen LogP contribution is -2.24. The first-order valence-corrected chi connectivity index (χ1v) is 10.9. The van der Waals surface area contributed by atoms with E-state index in [0.717, 1.165) is 16.7 Å². The molecule has 0 aliphatic carbocycles. The number of carboxylic acids is 1. The van der Waals surface area contributed by atoms with Crippen molar-refractivity contribution in [3.8, 4) is 16.9 Å². The van der Waals surface area contributed by atoms with Gasteiger partial charge in [-0.25, -0.2) is 4.79 Å². The minimum absolute atomic E-state index is 0.00750. The number of alkyl carbamates (subject to hydrolysis) is 1. The number of aliphatic carboxylic acids is 1. The molecule has 0 saturated carbocycles. The van der Waals surface area contributed by atoms with E-state index in [1.54, 1.807) is 44.4 Å². The van der Waals surface area contributed by atoms with Gasteiger partial charge in [-0.3, -0.25) is 4.79 Å². The number of carbonyl (C=O) groups excluding carboxylic acids is 1. The van der Waals surface area contributed by atoms with Crippen LogP contribution in [-0.2, 0) is 22.7 Å². The second kappa shape index (κ2) is 11.1. The Morgan fingerprint density at radius 3 is 2.45 bits per heavy atom. The predicted octanol–water partition coefficient (Wildman–Crippen LogP) is 6.28. The van der Waals surface area contributed by atoms with Crippen LogP contribution < -0.4 is 10.1 Å². The van der Waals surface area contributed by atoms with E-state index in [-0.39, 0.29) is 13.2 Å². The minimum atomic E-state index is -0.884. The van der Waals surface area contributed by atoms with Crippen molar-refractivity contribution in [1.82, 2.24) is 5.32 Å². The Kier molecular flexibility index (Phi) is 8.20. The van der Waals surface area contributed by atoms with E-state index in [1.807, 2.05) is 30.3 Å². The Balaban J connectivity index is 1.70. The topological polar surface area (TPSA) is 84.9 Å². The molecular weight excluding hydrogens is 465 g/mol. The van der Waals surface area contributed by atoms with Gasteiger partial charge >= 0.3 is 12.1 Å². The molecule has 0 aliphatic rings. The lowest BCUT2D eigenvalue weighted by molar-refractivity contribution is -0.138. The maximum atomic E-state index is 12.2. The molecular formula is C25H23Cl2NO5. The summed E-state index contributed by atoms with van der Waals surface area (Å²) >= 11 is 12.0. The monoisotopic (exact) mass is 487 g/mol. The molecule has 1 unspecified atom stereocenters. The van der Waals surface area contributed by atoms with Crippen LogP contribution in [0.5, 0.6) is 5.75 Å². The number of carboxylic acid groups (broad SMARTS) is 1. The van der Waals surface area contributed by atoms with Gasteiger partial charge in [0.1, 0.15) is 12.4 Å².